The van der Waals surface area contributed by atoms with Crippen LogP contribution in [-0.2, 0) is 6.54 Å². The Balaban J connectivity index is 1.93. The molecule has 0 atom stereocenters. The summed E-state index contributed by atoms with van der Waals surface area (Å²) in [6.45, 7) is 8.61. The van der Waals surface area contributed by atoms with Crippen molar-refractivity contribution >= 4 is 33.1 Å². The minimum Gasteiger partial charge on any atom is -0.321 e. The minimum absolute atomic E-state index is 0.0598. The van der Waals surface area contributed by atoms with E-state index in [9.17, 15) is 9.59 Å². The Bertz CT molecular complexity index is 1050. The van der Waals surface area contributed by atoms with Gasteiger partial charge in [0, 0.05) is 12.2 Å². The molecule has 27 heavy (non-hydrogen) atoms. The number of carbonyl (C=O) groups excluding carboxylic acids is 1. The summed E-state index contributed by atoms with van der Waals surface area (Å²) in [5.74, 6) is -0.195. The van der Waals surface area contributed by atoms with E-state index in [0.29, 0.717) is 27.2 Å². The van der Waals surface area contributed by atoms with E-state index < -0.39 is 0 Å². The second-order valence-electron chi connectivity index (χ2n) is 6.96. The first-order valence-corrected chi connectivity index (χ1v) is 10.1. The number of rotatable bonds is 6. The molecule has 1 N–H and O–H groups in total. The first-order valence-electron chi connectivity index (χ1n) is 9.29. The first kappa shape index (κ1) is 19.3. The highest BCUT2D eigenvalue weighted by atomic mass is 32.1. The van der Waals surface area contributed by atoms with Crippen LogP contribution in [0.1, 0.15) is 52.5 Å². The van der Waals surface area contributed by atoms with Gasteiger partial charge in [-0.2, -0.15) is 0 Å². The Morgan fingerprint density at radius 3 is 2.70 bits per heavy atom. The lowest BCUT2D eigenvalue weighted by molar-refractivity contribution is 0.103. The molecule has 142 valence electrons. The number of fused-ring (bicyclic) bond motifs is 1. The van der Waals surface area contributed by atoms with Crippen LogP contribution < -0.4 is 10.9 Å². The molecule has 3 rings (SSSR count). The third kappa shape index (κ3) is 3.95. The molecule has 0 bridgehead atoms. The van der Waals surface area contributed by atoms with Crippen molar-refractivity contribution in [1.29, 1.82) is 0 Å². The number of carbonyl (C=O) groups is 1. The zero-order valence-electron chi connectivity index (χ0n) is 16.3. The van der Waals surface area contributed by atoms with E-state index in [-0.39, 0.29) is 11.5 Å². The summed E-state index contributed by atoms with van der Waals surface area (Å²) in [7, 11) is 0. The number of anilines is 1. The lowest BCUT2D eigenvalue weighted by Gasteiger charge is -2.08. The van der Waals surface area contributed by atoms with Crippen molar-refractivity contribution in [1.82, 2.24) is 9.55 Å². The Kier molecular flexibility index (Phi) is 5.75. The highest BCUT2D eigenvalue weighted by molar-refractivity contribution is 7.20. The molecule has 1 amide bonds. The van der Waals surface area contributed by atoms with Crippen LogP contribution in [-0.4, -0.2) is 15.5 Å². The van der Waals surface area contributed by atoms with Gasteiger partial charge in [0.2, 0.25) is 0 Å². The number of thiophene rings is 1. The Hall–Kier alpha value is -2.47. The van der Waals surface area contributed by atoms with E-state index in [2.05, 4.69) is 17.2 Å². The summed E-state index contributed by atoms with van der Waals surface area (Å²) in [6.07, 6.45) is 4.73. The maximum absolute atomic E-state index is 12.8. The van der Waals surface area contributed by atoms with Gasteiger partial charge in [-0.15, -0.1) is 11.3 Å². The molecule has 0 fully saturated rings. The van der Waals surface area contributed by atoms with Gasteiger partial charge in [-0.25, -0.2) is 4.98 Å². The molecule has 1 aromatic carbocycles. The van der Waals surface area contributed by atoms with Crippen LogP contribution in [0.4, 0.5) is 5.69 Å². The molecular formula is C21H25N3O2S. The van der Waals surface area contributed by atoms with Crippen LogP contribution in [0, 0.1) is 20.8 Å². The summed E-state index contributed by atoms with van der Waals surface area (Å²) in [4.78, 5) is 31.2. The van der Waals surface area contributed by atoms with Crippen molar-refractivity contribution in [3.8, 4) is 0 Å². The zero-order valence-corrected chi connectivity index (χ0v) is 17.1. The van der Waals surface area contributed by atoms with E-state index in [4.69, 9.17) is 0 Å². The van der Waals surface area contributed by atoms with Crippen LogP contribution in [0.5, 0.6) is 0 Å². The third-order valence-electron chi connectivity index (χ3n) is 4.76. The molecule has 2 aromatic heterocycles. The van der Waals surface area contributed by atoms with Gasteiger partial charge in [0.05, 0.1) is 16.6 Å². The lowest BCUT2D eigenvalue weighted by atomic mass is 10.1. The van der Waals surface area contributed by atoms with Gasteiger partial charge in [-0.1, -0.05) is 37.5 Å². The quantitative estimate of drug-likeness (QED) is 0.620. The van der Waals surface area contributed by atoms with Crippen LogP contribution in [0.15, 0.2) is 29.3 Å². The molecule has 3 aromatic rings. The summed E-state index contributed by atoms with van der Waals surface area (Å²) >= 11 is 1.27. The van der Waals surface area contributed by atoms with Gasteiger partial charge in [0.15, 0.2) is 0 Å². The molecule has 0 aliphatic rings. The minimum atomic E-state index is -0.195. The highest BCUT2D eigenvalue weighted by Gasteiger charge is 2.20. The van der Waals surface area contributed by atoms with Crippen molar-refractivity contribution in [2.45, 2.75) is 53.5 Å². The van der Waals surface area contributed by atoms with Crippen LogP contribution in [0.2, 0.25) is 0 Å². The molecule has 0 unspecified atom stereocenters. The normalized spacial score (nSPS) is 11.1. The highest BCUT2D eigenvalue weighted by Crippen LogP contribution is 2.28. The number of hydrogen-bond donors (Lipinski definition) is 1. The summed E-state index contributed by atoms with van der Waals surface area (Å²) < 4.78 is 1.66. The van der Waals surface area contributed by atoms with Gasteiger partial charge in [0.25, 0.3) is 11.5 Å². The smallest absolute Gasteiger partial charge is 0.266 e. The second-order valence-corrected chi connectivity index (χ2v) is 7.96. The number of nitrogens with one attached hydrogen (secondary N) is 1. The van der Waals surface area contributed by atoms with Crippen LogP contribution in [0.25, 0.3) is 10.2 Å². The summed E-state index contributed by atoms with van der Waals surface area (Å²) in [5.41, 5.74) is 3.59. The Morgan fingerprint density at radius 2 is 2.00 bits per heavy atom. The van der Waals surface area contributed by atoms with Crippen molar-refractivity contribution in [2.75, 3.05) is 5.32 Å². The molecule has 6 heteroatoms. The average molecular weight is 384 g/mol. The monoisotopic (exact) mass is 383 g/mol. The van der Waals surface area contributed by atoms with Crippen LogP contribution in [0.3, 0.4) is 0 Å². The molecule has 0 saturated heterocycles. The molecule has 0 aliphatic carbocycles. The predicted molar refractivity (Wildman–Crippen MR) is 112 cm³/mol. The van der Waals surface area contributed by atoms with Gasteiger partial charge in [-0.3, -0.25) is 14.2 Å². The molecule has 0 radical (unpaired) electrons. The number of unbranched alkanes of at least 4 members (excludes halogenated alkanes) is 2. The van der Waals surface area contributed by atoms with E-state index in [0.717, 1.165) is 36.1 Å². The van der Waals surface area contributed by atoms with Crippen molar-refractivity contribution < 1.29 is 4.79 Å². The Labute approximate surface area is 163 Å². The Morgan fingerprint density at radius 1 is 1.22 bits per heavy atom. The SMILES string of the molecule is CCCCCn1cnc2sc(C(=O)Nc3ccc(C)cc3C)c(C)c2c1=O. The maximum Gasteiger partial charge on any atom is 0.266 e. The number of benzene rings is 1. The molecule has 0 spiro atoms. The topological polar surface area (TPSA) is 64.0 Å². The van der Waals surface area contributed by atoms with E-state index in [1.54, 1.807) is 10.9 Å². The summed E-state index contributed by atoms with van der Waals surface area (Å²) in [5, 5.41) is 3.53. The van der Waals surface area contributed by atoms with E-state index >= 15 is 0 Å². The average Bonchev–Trinajstić information content (AvgIpc) is 2.97. The number of amides is 1. The van der Waals surface area contributed by atoms with Gasteiger partial charge >= 0.3 is 0 Å². The van der Waals surface area contributed by atoms with Gasteiger partial charge < -0.3 is 5.32 Å². The van der Waals surface area contributed by atoms with Crippen molar-refractivity contribution in [3.63, 3.8) is 0 Å². The summed E-state index contributed by atoms with van der Waals surface area (Å²) in [6, 6.07) is 5.91. The van der Waals surface area contributed by atoms with Gasteiger partial charge in [-0.05, 0) is 44.4 Å². The molecule has 2 heterocycles. The maximum atomic E-state index is 12.8. The van der Waals surface area contributed by atoms with Crippen molar-refractivity contribution in [2.24, 2.45) is 0 Å². The van der Waals surface area contributed by atoms with Crippen LogP contribution >= 0.6 is 11.3 Å². The standard InChI is InChI=1S/C21H25N3O2S/c1-5-6-7-10-24-12-22-20-17(21(24)26)15(4)18(27-20)19(25)23-16-9-8-13(2)11-14(16)3/h8-9,11-12H,5-7,10H2,1-4H3,(H,23,25). The molecule has 5 nitrogen and oxygen atoms in total. The predicted octanol–water partition coefficient (Wildman–Crippen LogP) is 4.83. The molecule has 0 saturated carbocycles. The zero-order chi connectivity index (χ0) is 19.6. The fraction of sp³-hybridized carbons (Fsp3) is 0.381. The molecule has 0 aliphatic heterocycles. The number of nitrogens with zero attached hydrogens (tertiary/aromatic N) is 2. The van der Waals surface area contributed by atoms with Crippen molar-refractivity contribution in [3.05, 3.63) is 56.4 Å². The number of aromatic nitrogens is 2. The lowest BCUT2D eigenvalue weighted by Crippen LogP contribution is -2.20. The largest absolute Gasteiger partial charge is 0.321 e. The van der Waals surface area contributed by atoms with E-state index in [1.807, 2.05) is 39.0 Å². The van der Waals surface area contributed by atoms with Gasteiger partial charge in [0.1, 0.15) is 4.83 Å². The fourth-order valence-electron chi connectivity index (χ4n) is 3.20. The fourth-order valence-corrected chi connectivity index (χ4v) is 4.23. The second kappa shape index (κ2) is 8.05. The van der Waals surface area contributed by atoms with E-state index in [1.165, 1.54) is 11.3 Å². The third-order valence-corrected chi connectivity index (χ3v) is 5.95. The number of hydrogen-bond acceptors (Lipinski definition) is 4. The molecular weight excluding hydrogens is 358 g/mol. The number of aryl methyl sites for hydroxylation is 4. The first-order chi connectivity index (χ1) is 12.9.